The Balaban J connectivity index is 2.61. The van der Waals surface area contributed by atoms with E-state index < -0.39 is 0 Å². The molecule has 0 aromatic heterocycles. The molecule has 1 heteroatoms. The molecule has 0 aliphatic rings. The average Bonchev–Trinajstić information content (AvgIpc) is 2.04. The van der Waals surface area contributed by atoms with Crippen LogP contribution in [0.2, 0.25) is 0 Å². The van der Waals surface area contributed by atoms with Gasteiger partial charge in [0.05, 0.1) is 6.10 Å². The Morgan fingerprint density at radius 2 is 1.69 bits per heavy atom. The molecule has 1 N–H and O–H groups in total. The van der Waals surface area contributed by atoms with Crippen LogP contribution in [-0.2, 0) is 6.42 Å². The van der Waals surface area contributed by atoms with Crippen LogP contribution in [0.4, 0.5) is 0 Å². The zero-order valence-corrected chi connectivity index (χ0v) is 8.62. The van der Waals surface area contributed by atoms with E-state index >= 15 is 0 Å². The lowest BCUT2D eigenvalue weighted by Crippen LogP contribution is -2.27. The lowest BCUT2D eigenvalue weighted by atomic mass is 9.85. The summed E-state index contributed by atoms with van der Waals surface area (Å²) in [4.78, 5) is 0. The van der Waals surface area contributed by atoms with Crippen LogP contribution in [0.15, 0.2) is 30.3 Å². The quantitative estimate of drug-likeness (QED) is 0.738. The highest BCUT2D eigenvalue weighted by atomic mass is 16.3. The number of aliphatic hydroxyl groups excluding tert-OH is 1. The van der Waals surface area contributed by atoms with E-state index in [0.29, 0.717) is 0 Å². The van der Waals surface area contributed by atoms with E-state index in [1.165, 1.54) is 5.56 Å². The molecule has 0 amide bonds. The molecule has 0 saturated carbocycles. The normalized spacial score (nSPS) is 14.2. The van der Waals surface area contributed by atoms with Crippen molar-refractivity contribution >= 4 is 0 Å². The van der Waals surface area contributed by atoms with Crippen molar-refractivity contribution in [2.45, 2.75) is 33.3 Å². The number of hydrogen-bond acceptors (Lipinski definition) is 1. The van der Waals surface area contributed by atoms with E-state index in [9.17, 15) is 5.11 Å². The lowest BCUT2D eigenvalue weighted by Gasteiger charge is -2.25. The van der Waals surface area contributed by atoms with E-state index in [-0.39, 0.29) is 11.5 Å². The predicted octanol–water partition coefficient (Wildman–Crippen LogP) is 2.64. The molecular weight excluding hydrogens is 160 g/mol. The number of benzene rings is 1. The summed E-state index contributed by atoms with van der Waals surface area (Å²) in [7, 11) is 0. The van der Waals surface area contributed by atoms with Gasteiger partial charge in [0, 0.05) is 0 Å². The first kappa shape index (κ1) is 10.3. The van der Waals surface area contributed by atoms with Gasteiger partial charge in [-0.3, -0.25) is 0 Å². The van der Waals surface area contributed by atoms with Gasteiger partial charge in [-0.05, 0) is 17.4 Å². The minimum Gasteiger partial charge on any atom is -0.392 e. The summed E-state index contributed by atoms with van der Waals surface area (Å²) in [5, 5.41) is 9.84. The molecule has 0 heterocycles. The van der Waals surface area contributed by atoms with Gasteiger partial charge in [-0.1, -0.05) is 51.1 Å². The van der Waals surface area contributed by atoms with Gasteiger partial charge in [-0.2, -0.15) is 0 Å². The second-order valence-electron chi connectivity index (χ2n) is 4.57. The number of hydrogen-bond donors (Lipinski definition) is 1. The standard InChI is InChI=1S/C12H18O/c1-12(2,3)11(13)9-10-7-5-4-6-8-10/h4-8,11,13H,9H2,1-3H3/t11-/m0/s1. The minimum atomic E-state index is -0.269. The summed E-state index contributed by atoms with van der Waals surface area (Å²) in [6, 6.07) is 10.1. The van der Waals surface area contributed by atoms with Crippen molar-refractivity contribution in [3.63, 3.8) is 0 Å². The highest BCUT2D eigenvalue weighted by molar-refractivity contribution is 5.15. The fourth-order valence-corrected chi connectivity index (χ4v) is 1.14. The molecule has 0 spiro atoms. The van der Waals surface area contributed by atoms with Crippen molar-refractivity contribution in [1.82, 2.24) is 0 Å². The van der Waals surface area contributed by atoms with Crippen LogP contribution in [0.1, 0.15) is 26.3 Å². The second kappa shape index (κ2) is 3.93. The van der Waals surface area contributed by atoms with E-state index in [1.54, 1.807) is 0 Å². The molecule has 72 valence electrons. The summed E-state index contributed by atoms with van der Waals surface area (Å²) in [5.41, 5.74) is 1.17. The van der Waals surface area contributed by atoms with Crippen LogP contribution < -0.4 is 0 Å². The van der Waals surface area contributed by atoms with E-state index in [0.717, 1.165) is 6.42 Å². The number of aliphatic hydroxyl groups is 1. The third kappa shape index (κ3) is 3.19. The molecular formula is C12H18O. The van der Waals surface area contributed by atoms with Gasteiger partial charge in [0.2, 0.25) is 0 Å². The summed E-state index contributed by atoms with van der Waals surface area (Å²) >= 11 is 0. The molecule has 1 aromatic carbocycles. The molecule has 13 heavy (non-hydrogen) atoms. The van der Waals surface area contributed by atoms with Gasteiger partial charge in [0.25, 0.3) is 0 Å². The molecule has 1 aromatic rings. The van der Waals surface area contributed by atoms with Crippen molar-refractivity contribution in [2.75, 3.05) is 0 Å². The molecule has 0 saturated heterocycles. The summed E-state index contributed by atoms with van der Waals surface area (Å²) < 4.78 is 0. The predicted molar refractivity (Wildman–Crippen MR) is 55.6 cm³/mol. The van der Waals surface area contributed by atoms with Gasteiger partial charge >= 0.3 is 0 Å². The van der Waals surface area contributed by atoms with Crippen molar-refractivity contribution < 1.29 is 5.11 Å². The van der Waals surface area contributed by atoms with Gasteiger partial charge in [-0.15, -0.1) is 0 Å². The first-order valence-corrected chi connectivity index (χ1v) is 4.72. The fourth-order valence-electron chi connectivity index (χ4n) is 1.14. The topological polar surface area (TPSA) is 20.2 Å². The monoisotopic (exact) mass is 178 g/mol. The smallest absolute Gasteiger partial charge is 0.0628 e. The maximum absolute atomic E-state index is 9.84. The van der Waals surface area contributed by atoms with Crippen molar-refractivity contribution in [2.24, 2.45) is 5.41 Å². The SMILES string of the molecule is CC(C)(C)[C@@H](O)Cc1ccccc1. The van der Waals surface area contributed by atoms with Crippen molar-refractivity contribution in [3.05, 3.63) is 35.9 Å². The molecule has 0 unspecified atom stereocenters. The van der Waals surface area contributed by atoms with Gasteiger partial charge in [0.1, 0.15) is 0 Å². The molecule has 1 rings (SSSR count). The first-order chi connectivity index (χ1) is 6.00. The molecule has 1 atom stereocenters. The van der Waals surface area contributed by atoms with Gasteiger partial charge < -0.3 is 5.11 Å². The maximum atomic E-state index is 9.84. The Bertz CT molecular complexity index is 246. The van der Waals surface area contributed by atoms with Crippen molar-refractivity contribution in [3.8, 4) is 0 Å². The molecule has 0 fully saturated rings. The first-order valence-electron chi connectivity index (χ1n) is 4.72. The Labute approximate surface area is 80.4 Å². The van der Waals surface area contributed by atoms with E-state index in [2.05, 4.69) is 32.9 Å². The van der Waals surface area contributed by atoms with Crippen LogP contribution in [0.5, 0.6) is 0 Å². The third-order valence-electron chi connectivity index (χ3n) is 2.27. The van der Waals surface area contributed by atoms with E-state index in [4.69, 9.17) is 0 Å². The maximum Gasteiger partial charge on any atom is 0.0628 e. The zero-order chi connectivity index (χ0) is 9.90. The Morgan fingerprint density at radius 3 is 2.15 bits per heavy atom. The summed E-state index contributed by atoms with van der Waals surface area (Å²) in [5.74, 6) is 0. The largest absolute Gasteiger partial charge is 0.392 e. The van der Waals surface area contributed by atoms with Crippen LogP contribution >= 0.6 is 0 Å². The number of rotatable bonds is 2. The van der Waals surface area contributed by atoms with E-state index in [1.807, 2.05) is 18.2 Å². The van der Waals surface area contributed by atoms with Crippen LogP contribution in [0.3, 0.4) is 0 Å². The van der Waals surface area contributed by atoms with Crippen LogP contribution in [0.25, 0.3) is 0 Å². The van der Waals surface area contributed by atoms with Crippen LogP contribution in [-0.4, -0.2) is 11.2 Å². The van der Waals surface area contributed by atoms with Crippen LogP contribution in [0, 0.1) is 5.41 Å². The minimum absolute atomic E-state index is 0.0319. The van der Waals surface area contributed by atoms with Gasteiger partial charge in [0.15, 0.2) is 0 Å². The Morgan fingerprint density at radius 1 is 1.15 bits per heavy atom. The highest BCUT2D eigenvalue weighted by Gasteiger charge is 2.21. The molecule has 1 nitrogen and oxygen atoms in total. The Hall–Kier alpha value is -0.820. The molecule has 0 aliphatic carbocycles. The lowest BCUT2D eigenvalue weighted by molar-refractivity contribution is 0.0636. The van der Waals surface area contributed by atoms with Crippen molar-refractivity contribution in [1.29, 1.82) is 0 Å². The Kier molecular flexibility index (Phi) is 3.10. The highest BCUT2D eigenvalue weighted by Crippen LogP contribution is 2.22. The van der Waals surface area contributed by atoms with Gasteiger partial charge in [-0.25, -0.2) is 0 Å². The third-order valence-corrected chi connectivity index (χ3v) is 2.27. The molecule has 0 aliphatic heterocycles. The molecule has 0 radical (unpaired) electrons. The summed E-state index contributed by atoms with van der Waals surface area (Å²) in [6.45, 7) is 6.17. The average molecular weight is 178 g/mol. The summed E-state index contributed by atoms with van der Waals surface area (Å²) in [6.07, 6.45) is 0.472. The second-order valence-corrected chi connectivity index (χ2v) is 4.57. The zero-order valence-electron chi connectivity index (χ0n) is 8.62. The molecule has 0 bridgehead atoms. The fraction of sp³-hybridized carbons (Fsp3) is 0.500.